The summed E-state index contributed by atoms with van der Waals surface area (Å²) in [5.41, 5.74) is 0. The zero-order valence-electron chi connectivity index (χ0n) is 8.07. The molecule has 0 atom stereocenters. The van der Waals surface area contributed by atoms with Crippen LogP contribution in [0.3, 0.4) is 0 Å². The van der Waals surface area contributed by atoms with Gasteiger partial charge in [-0.15, -0.1) is 0 Å². The van der Waals surface area contributed by atoms with Gasteiger partial charge < -0.3 is 9.84 Å². The second-order valence-corrected chi connectivity index (χ2v) is 4.46. The van der Waals surface area contributed by atoms with Crippen LogP contribution in [-0.4, -0.2) is 11.1 Å². The number of esters is 1. The summed E-state index contributed by atoms with van der Waals surface area (Å²) in [5.74, 6) is -0.675. The molecule has 1 aromatic carbocycles. The maximum Gasteiger partial charge on any atom is 0.336 e. The smallest absolute Gasteiger partial charge is 0.336 e. The zero-order valence-corrected chi connectivity index (χ0v) is 9.64. The monoisotopic (exact) mass is 254 g/mol. The maximum atomic E-state index is 11.0. The molecule has 2 aromatic rings. The van der Waals surface area contributed by atoms with Crippen molar-refractivity contribution in [3.8, 4) is 10.8 Å². The van der Waals surface area contributed by atoms with Crippen molar-refractivity contribution in [2.24, 2.45) is 0 Å². The molecule has 0 aliphatic rings. The van der Waals surface area contributed by atoms with Gasteiger partial charge in [-0.1, -0.05) is 29.5 Å². The Balaban J connectivity index is 2.51. The van der Waals surface area contributed by atoms with E-state index in [2.05, 4.69) is 6.58 Å². The lowest BCUT2D eigenvalue weighted by molar-refractivity contribution is -0.128. The van der Waals surface area contributed by atoms with Gasteiger partial charge in [0.05, 0.1) is 0 Å². The Kier molecular flexibility index (Phi) is 2.85. The topological polar surface area (TPSA) is 46.5 Å². The van der Waals surface area contributed by atoms with Crippen LogP contribution in [0.2, 0.25) is 5.02 Å². The summed E-state index contributed by atoms with van der Waals surface area (Å²) in [4.78, 5) is 11.0. The lowest BCUT2D eigenvalue weighted by Gasteiger charge is -1.96. The molecule has 16 heavy (non-hydrogen) atoms. The molecule has 0 aliphatic carbocycles. The van der Waals surface area contributed by atoms with E-state index in [9.17, 15) is 9.90 Å². The van der Waals surface area contributed by atoms with Gasteiger partial charge in [-0.05, 0) is 18.2 Å². The molecule has 82 valence electrons. The minimum atomic E-state index is -0.604. The fourth-order valence-corrected chi connectivity index (χ4v) is 2.34. The van der Waals surface area contributed by atoms with Gasteiger partial charge in [-0.25, -0.2) is 4.79 Å². The highest BCUT2D eigenvalue weighted by Crippen LogP contribution is 2.44. The molecule has 1 heterocycles. The van der Waals surface area contributed by atoms with Crippen molar-refractivity contribution < 1.29 is 14.6 Å². The Morgan fingerprint density at radius 1 is 1.56 bits per heavy atom. The van der Waals surface area contributed by atoms with E-state index in [4.69, 9.17) is 16.3 Å². The zero-order chi connectivity index (χ0) is 11.7. The van der Waals surface area contributed by atoms with Crippen LogP contribution in [0.15, 0.2) is 30.9 Å². The quantitative estimate of drug-likeness (QED) is 0.660. The molecule has 0 fully saturated rings. The molecule has 0 bridgehead atoms. The summed E-state index contributed by atoms with van der Waals surface area (Å²) >= 11 is 6.98. The standard InChI is InChI=1S/C11H7ClO3S/c1-2-9(13)15-11-10(14)7-5-6(12)3-4-8(7)16-11/h2-5,14H,1H2. The Labute approximate surface area is 101 Å². The van der Waals surface area contributed by atoms with Crippen molar-refractivity contribution in [1.82, 2.24) is 0 Å². The summed E-state index contributed by atoms with van der Waals surface area (Å²) in [6.45, 7) is 3.28. The van der Waals surface area contributed by atoms with Crippen molar-refractivity contribution in [1.29, 1.82) is 0 Å². The first-order chi connectivity index (χ1) is 7.61. The number of thiophene rings is 1. The molecule has 1 N–H and O–H groups in total. The number of benzene rings is 1. The number of carbonyl (C=O) groups is 1. The fourth-order valence-electron chi connectivity index (χ4n) is 1.24. The van der Waals surface area contributed by atoms with E-state index in [1.54, 1.807) is 18.2 Å². The van der Waals surface area contributed by atoms with Gasteiger partial charge in [0, 0.05) is 21.2 Å². The number of fused-ring (bicyclic) bond motifs is 1. The first kappa shape index (κ1) is 11.0. The molecule has 3 nitrogen and oxygen atoms in total. The highest BCUT2D eigenvalue weighted by Gasteiger charge is 2.14. The minimum Gasteiger partial charge on any atom is -0.503 e. The van der Waals surface area contributed by atoms with Gasteiger partial charge in [0.15, 0.2) is 5.75 Å². The van der Waals surface area contributed by atoms with E-state index >= 15 is 0 Å². The lowest BCUT2D eigenvalue weighted by atomic mass is 10.2. The van der Waals surface area contributed by atoms with Crippen LogP contribution in [0.1, 0.15) is 0 Å². The number of hydrogen-bond acceptors (Lipinski definition) is 4. The highest BCUT2D eigenvalue weighted by molar-refractivity contribution is 7.21. The summed E-state index contributed by atoms with van der Waals surface area (Å²) < 4.78 is 5.69. The van der Waals surface area contributed by atoms with Crippen molar-refractivity contribution in [2.45, 2.75) is 0 Å². The summed E-state index contributed by atoms with van der Waals surface area (Å²) in [5, 5.41) is 11.0. The SMILES string of the molecule is C=CC(=O)Oc1sc2ccc(Cl)cc2c1O. The predicted octanol–water partition coefficient (Wildman–Crippen LogP) is 3.35. The molecule has 1 aromatic heterocycles. The van der Waals surface area contributed by atoms with Crippen molar-refractivity contribution in [3.63, 3.8) is 0 Å². The number of hydrogen-bond donors (Lipinski definition) is 1. The number of rotatable bonds is 2. The molecule has 0 amide bonds. The van der Waals surface area contributed by atoms with Gasteiger partial charge in [-0.2, -0.15) is 0 Å². The molecule has 0 radical (unpaired) electrons. The highest BCUT2D eigenvalue weighted by atomic mass is 35.5. The van der Waals surface area contributed by atoms with Crippen LogP contribution in [0.4, 0.5) is 0 Å². The van der Waals surface area contributed by atoms with Gasteiger partial charge in [0.1, 0.15) is 0 Å². The summed E-state index contributed by atoms with van der Waals surface area (Å²) in [6.07, 6.45) is 1.04. The van der Waals surface area contributed by atoms with E-state index in [0.717, 1.165) is 10.8 Å². The molecule has 0 aliphatic heterocycles. The van der Waals surface area contributed by atoms with Gasteiger partial charge >= 0.3 is 5.97 Å². The summed E-state index contributed by atoms with van der Waals surface area (Å²) in [7, 11) is 0. The van der Waals surface area contributed by atoms with Gasteiger partial charge in [-0.3, -0.25) is 0 Å². The van der Waals surface area contributed by atoms with Crippen LogP contribution in [-0.2, 0) is 4.79 Å². The molecular weight excluding hydrogens is 248 g/mol. The predicted molar refractivity (Wildman–Crippen MR) is 64.3 cm³/mol. The van der Waals surface area contributed by atoms with Crippen LogP contribution in [0, 0.1) is 0 Å². The van der Waals surface area contributed by atoms with E-state index in [-0.39, 0.29) is 10.8 Å². The molecule has 0 saturated heterocycles. The first-order valence-electron chi connectivity index (χ1n) is 4.37. The van der Waals surface area contributed by atoms with E-state index in [0.29, 0.717) is 10.4 Å². The van der Waals surface area contributed by atoms with E-state index < -0.39 is 5.97 Å². The number of aromatic hydroxyl groups is 1. The third kappa shape index (κ3) is 1.89. The Hall–Kier alpha value is -1.52. The number of carbonyl (C=O) groups excluding carboxylic acids is 1. The average molecular weight is 255 g/mol. The largest absolute Gasteiger partial charge is 0.503 e. The van der Waals surface area contributed by atoms with E-state index in [1.165, 1.54) is 11.3 Å². The fraction of sp³-hybridized carbons (Fsp3) is 0. The van der Waals surface area contributed by atoms with Crippen molar-refractivity contribution in [3.05, 3.63) is 35.9 Å². The molecule has 5 heteroatoms. The second kappa shape index (κ2) is 4.15. The molecular formula is C11H7ClO3S. The van der Waals surface area contributed by atoms with Crippen LogP contribution >= 0.6 is 22.9 Å². The van der Waals surface area contributed by atoms with E-state index in [1.807, 2.05) is 0 Å². The third-order valence-electron chi connectivity index (χ3n) is 1.95. The van der Waals surface area contributed by atoms with Crippen LogP contribution < -0.4 is 4.74 Å². The molecule has 0 unspecified atom stereocenters. The minimum absolute atomic E-state index is 0.0716. The van der Waals surface area contributed by atoms with Crippen molar-refractivity contribution >= 4 is 39.0 Å². The molecule has 0 spiro atoms. The normalized spacial score (nSPS) is 10.3. The Bertz CT molecular complexity index is 574. The number of halogens is 1. The second-order valence-electron chi connectivity index (χ2n) is 3.00. The maximum absolute atomic E-state index is 11.0. The number of ether oxygens (including phenoxy) is 1. The Morgan fingerprint density at radius 3 is 3.00 bits per heavy atom. The molecule has 2 rings (SSSR count). The Morgan fingerprint density at radius 2 is 2.31 bits per heavy atom. The van der Waals surface area contributed by atoms with Gasteiger partial charge in [0.25, 0.3) is 0 Å². The first-order valence-corrected chi connectivity index (χ1v) is 5.56. The van der Waals surface area contributed by atoms with Crippen LogP contribution in [0.25, 0.3) is 10.1 Å². The lowest BCUT2D eigenvalue weighted by Crippen LogP contribution is -2.01. The van der Waals surface area contributed by atoms with Crippen molar-refractivity contribution in [2.75, 3.05) is 0 Å². The average Bonchev–Trinajstić information content (AvgIpc) is 2.56. The molecule has 0 saturated carbocycles. The van der Waals surface area contributed by atoms with Crippen LogP contribution in [0.5, 0.6) is 10.8 Å². The summed E-state index contributed by atoms with van der Waals surface area (Å²) in [6, 6.07) is 5.08. The van der Waals surface area contributed by atoms with Gasteiger partial charge in [0.2, 0.25) is 5.06 Å². The third-order valence-corrected chi connectivity index (χ3v) is 3.23.